The van der Waals surface area contributed by atoms with Crippen LogP contribution in [0.4, 0.5) is 5.69 Å². The maximum absolute atomic E-state index is 12.5. The van der Waals surface area contributed by atoms with Crippen LogP contribution in [0.1, 0.15) is 24.0 Å². The summed E-state index contributed by atoms with van der Waals surface area (Å²) in [5, 5.41) is 5.48. The van der Waals surface area contributed by atoms with Crippen LogP contribution in [-0.4, -0.2) is 17.0 Å². The second-order valence-electron chi connectivity index (χ2n) is 6.96. The summed E-state index contributed by atoms with van der Waals surface area (Å²) in [6.07, 6.45) is 3.40. The van der Waals surface area contributed by atoms with Crippen LogP contribution in [-0.2, 0) is 16.1 Å². The first-order valence-corrected chi connectivity index (χ1v) is 10.2. The fourth-order valence-electron chi connectivity index (χ4n) is 3.14. The summed E-state index contributed by atoms with van der Waals surface area (Å²) in [6.45, 7) is 2.55. The van der Waals surface area contributed by atoms with E-state index < -0.39 is 0 Å². The highest BCUT2D eigenvalue weighted by Crippen LogP contribution is 2.33. The second kappa shape index (κ2) is 8.54. The van der Waals surface area contributed by atoms with Crippen molar-refractivity contribution in [2.75, 3.05) is 5.32 Å². The molecule has 1 heterocycles. The Morgan fingerprint density at radius 2 is 2.04 bits per heavy atom. The summed E-state index contributed by atoms with van der Waals surface area (Å²) in [6, 6.07) is 15.7. The van der Waals surface area contributed by atoms with E-state index in [1.165, 1.54) is 11.3 Å². The van der Waals surface area contributed by atoms with Gasteiger partial charge in [0.2, 0.25) is 5.91 Å². The molecule has 5 nitrogen and oxygen atoms in total. The monoisotopic (exact) mass is 394 g/mol. The van der Waals surface area contributed by atoms with Crippen molar-refractivity contribution in [2.24, 2.45) is 5.92 Å². The Kier molecular flexibility index (Phi) is 5.69. The van der Waals surface area contributed by atoms with Crippen LogP contribution in [0.2, 0.25) is 0 Å². The van der Waals surface area contributed by atoms with Crippen LogP contribution in [0.3, 0.4) is 0 Å². The van der Waals surface area contributed by atoms with Crippen molar-refractivity contribution >= 4 is 22.9 Å². The van der Waals surface area contributed by atoms with Crippen molar-refractivity contribution in [1.29, 1.82) is 0 Å². The topological polar surface area (TPSA) is 60.5 Å². The fraction of sp³-hybridized carbons (Fsp3) is 0.273. The van der Waals surface area contributed by atoms with Crippen LogP contribution in [0, 0.1) is 12.8 Å². The first kappa shape index (κ1) is 18.7. The summed E-state index contributed by atoms with van der Waals surface area (Å²) < 4.78 is 11.6. The highest BCUT2D eigenvalue weighted by molar-refractivity contribution is 7.11. The maximum Gasteiger partial charge on any atom is 0.278 e. The largest absolute Gasteiger partial charge is 0.431 e. The van der Waals surface area contributed by atoms with Crippen molar-refractivity contribution in [2.45, 2.75) is 32.5 Å². The standard InChI is InChI=1S/C22H22N2O3S/c1-15-11-18(7-8-20(15)27-22-23-9-10-28-22)24-21(25)17-12-19(13-17)26-14-16-5-3-2-4-6-16/h2-11,17,19H,12-14H2,1H3,(H,24,25). The van der Waals surface area contributed by atoms with Crippen molar-refractivity contribution in [3.8, 4) is 10.9 Å². The zero-order valence-electron chi connectivity index (χ0n) is 15.6. The number of rotatable bonds is 7. The van der Waals surface area contributed by atoms with Gasteiger partial charge >= 0.3 is 0 Å². The number of thiazole rings is 1. The van der Waals surface area contributed by atoms with Gasteiger partial charge in [0.1, 0.15) is 5.75 Å². The second-order valence-corrected chi connectivity index (χ2v) is 7.81. The molecule has 0 unspecified atom stereocenters. The SMILES string of the molecule is Cc1cc(NC(=O)C2CC(OCc3ccccc3)C2)ccc1Oc1nccs1. The predicted octanol–water partition coefficient (Wildman–Crippen LogP) is 5.18. The number of aromatic nitrogens is 1. The van der Waals surface area contributed by atoms with Crippen molar-refractivity contribution in [3.05, 3.63) is 71.2 Å². The molecule has 0 radical (unpaired) electrons. The lowest BCUT2D eigenvalue weighted by molar-refractivity contribution is -0.129. The van der Waals surface area contributed by atoms with Gasteiger partial charge in [-0.25, -0.2) is 4.98 Å². The van der Waals surface area contributed by atoms with E-state index in [0.717, 1.165) is 35.4 Å². The van der Waals surface area contributed by atoms with Gasteiger partial charge in [0.25, 0.3) is 5.19 Å². The molecule has 1 fully saturated rings. The van der Waals surface area contributed by atoms with Gasteiger partial charge in [-0.2, -0.15) is 0 Å². The highest BCUT2D eigenvalue weighted by Gasteiger charge is 2.35. The predicted molar refractivity (Wildman–Crippen MR) is 110 cm³/mol. The van der Waals surface area contributed by atoms with E-state index >= 15 is 0 Å². The minimum atomic E-state index is 0.00678. The van der Waals surface area contributed by atoms with Crippen molar-refractivity contribution in [1.82, 2.24) is 4.98 Å². The first-order chi connectivity index (χ1) is 13.7. The molecule has 1 amide bonds. The van der Waals surface area contributed by atoms with Crippen LogP contribution in [0.15, 0.2) is 60.1 Å². The average Bonchev–Trinajstić information content (AvgIpc) is 3.17. The number of benzene rings is 2. The van der Waals surface area contributed by atoms with E-state index in [-0.39, 0.29) is 17.9 Å². The van der Waals surface area contributed by atoms with Crippen molar-refractivity contribution < 1.29 is 14.3 Å². The number of carbonyl (C=O) groups is 1. The van der Waals surface area contributed by atoms with Crippen LogP contribution < -0.4 is 10.1 Å². The van der Waals surface area contributed by atoms with E-state index in [9.17, 15) is 4.79 Å². The fourth-order valence-corrected chi connectivity index (χ4v) is 3.64. The minimum absolute atomic E-state index is 0.00678. The molecule has 1 N–H and O–H groups in total. The summed E-state index contributed by atoms with van der Waals surface area (Å²) >= 11 is 1.44. The maximum atomic E-state index is 12.5. The molecule has 0 saturated heterocycles. The number of anilines is 1. The van der Waals surface area contributed by atoms with Gasteiger partial charge in [0.15, 0.2) is 0 Å². The van der Waals surface area contributed by atoms with E-state index in [1.54, 1.807) is 6.20 Å². The van der Waals surface area contributed by atoms with Gasteiger partial charge in [-0.3, -0.25) is 4.79 Å². The van der Waals surface area contributed by atoms with Crippen LogP contribution in [0.5, 0.6) is 10.9 Å². The molecule has 4 rings (SSSR count). The third kappa shape index (κ3) is 4.58. The molecule has 6 heteroatoms. The molecule has 28 heavy (non-hydrogen) atoms. The Labute approximate surface area is 168 Å². The van der Waals surface area contributed by atoms with Gasteiger partial charge < -0.3 is 14.8 Å². The highest BCUT2D eigenvalue weighted by atomic mass is 32.1. The Balaban J connectivity index is 1.25. The Morgan fingerprint density at radius 1 is 1.21 bits per heavy atom. The molecular weight excluding hydrogens is 372 g/mol. The normalized spacial score (nSPS) is 18.3. The quantitative estimate of drug-likeness (QED) is 0.600. The molecule has 0 aliphatic heterocycles. The molecule has 1 aliphatic rings. The zero-order valence-corrected chi connectivity index (χ0v) is 16.4. The van der Waals surface area contributed by atoms with Gasteiger partial charge in [0, 0.05) is 23.2 Å². The number of nitrogens with zero attached hydrogens (tertiary/aromatic N) is 1. The van der Waals surface area contributed by atoms with Gasteiger partial charge in [-0.15, -0.1) is 0 Å². The Morgan fingerprint density at radius 3 is 2.75 bits per heavy atom. The molecule has 1 aromatic heterocycles. The lowest BCUT2D eigenvalue weighted by atomic mass is 9.81. The average molecular weight is 394 g/mol. The van der Waals surface area contributed by atoms with Gasteiger partial charge in [-0.05, 0) is 49.1 Å². The summed E-state index contributed by atoms with van der Waals surface area (Å²) in [5.74, 6) is 0.797. The first-order valence-electron chi connectivity index (χ1n) is 9.32. The van der Waals surface area contributed by atoms with Crippen molar-refractivity contribution in [3.63, 3.8) is 0 Å². The number of amides is 1. The number of hydrogen-bond acceptors (Lipinski definition) is 5. The molecule has 3 aromatic rings. The van der Waals surface area contributed by atoms with Gasteiger partial charge in [0.05, 0.1) is 12.7 Å². The number of aryl methyl sites for hydroxylation is 1. The number of ether oxygens (including phenoxy) is 2. The molecule has 1 aliphatic carbocycles. The zero-order chi connectivity index (χ0) is 19.3. The third-order valence-electron chi connectivity index (χ3n) is 4.84. The molecule has 0 bridgehead atoms. The Bertz CT molecular complexity index is 922. The van der Waals surface area contributed by atoms with E-state index in [1.807, 2.05) is 60.8 Å². The molecule has 144 valence electrons. The number of hydrogen-bond donors (Lipinski definition) is 1. The van der Waals surface area contributed by atoms with E-state index in [2.05, 4.69) is 10.3 Å². The molecular formula is C22H22N2O3S. The van der Waals surface area contributed by atoms with Gasteiger partial charge in [-0.1, -0.05) is 41.7 Å². The summed E-state index contributed by atoms with van der Waals surface area (Å²) in [4.78, 5) is 16.6. The minimum Gasteiger partial charge on any atom is -0.431 e. The van der Waals surface area contributed by atoms with E-state index in [4.69, 9.17) is 9.47 Å². The third-order valence-corrected chi connectivity index (χ3v) is 5.49. The lowest BCUT2D eigenvalue weighted by Gasteiger charge is -2.34. The molecule has 2 aromatic carbocycles. The number of nitrogens with one attached hydrogen (secondary N) is 1. The van der Waals surface area contributed by atoms with Crippen LogP contribution in [0.25, 0.3) is 0 Å². The molecule has 1 saturated carbocycles. The summed E-state index contributed by atoms with van der Waals surface area (Å²) in [5.41, 5.74) is 2.89. The molecule has 0 spiro atoms. The number of carbonyl (C=O) groups excluding carboxylic acids is 1. The smallest absolute Gasteiger partial charge is 0.278 e. The lowest BCUT2D eigenvalue weighted by Crippen LogP contribution is -2.39. The van der Waals surface area contributed by atoms with E-state index in [0.29, 0.717) is 11.8 Å². The molecule has 0 atom stereocenters. The Hall–Kier alpha value is -2.70. The van der Waals surface area contributed by atoms with Crippen LogP contribution >= 0.6 is 11.3 Å². The summed E-state index contributed by atoms with van der Waals surface area (Å²) in [7, 11) is 0.